The van der Waals surface area contributed by atoms with E-state index in [9.17, 15) is 29.8 Å². The number of aromatic nitrogens is 4. The van der Waals surface area contributed by atoms with Crippen LogP contribution in [0.5, 0.6) is 0 Å². The number of ether oxygens (including phenoxy) is 2. The van der Waals surface area contributed by atoms with Crippen LogP contribution >= 0.6 is 0 Å². The summed E-state index contributed by atoms with van der Waals surface area (Å²) in [6.07, 6.45) is 7.86. The molecule has 0 spiro atoms. The van der Waals surface area contributed by atoms with E-state index in [0.717, 1.165) is 25.7 Å². The van der Waals surface area contributed by atoms with Gasteiger partial charge in [0, 0.05) is 26.7 Å². The average Bonchev–Trinajstić information content (AvgIpc) is 3.38. The molecule has 0 saturated heterocycles. The van der Waals surface area contributed by atoms with Crippen molar-refractivity contribution < 1.29 is 28.9 Å². The molecular weight excluding hydrogens is 476 g/mol. The highest BCUT2D eigenvalue weighted by molar-refractivity contribution is 5.69. The minimum absolute atomic E-state index is 0.0474. The van der Waals surface area contributed by atoms with E-state index in [1.165, 1.54) is 21.5 Å². The van der Waals surface area contributed by atoms with E-state index in [1.54, 1.807) is 13.8 Å². The van der Waals surface area contributed by atoms with Crippen molar-refractivity contribution >= 4 is 23.6 Å². The predicted molar refractivity (Wildman–Crippen MR) is 126 cm³/mol. The largest absolute Gasteiger partial charge is 0.461 e. The van der Waals surface area contributed by atoms with Crippen LogP contribution in [0.15, 0.2) is 12.4 Å². The van der Waals surface area contributed by atoms with Gasteiger partial charge in [-0.05, 0) is 22.7 Å². The molecule has 0 saturated carbocycles. The molecule has 14 nitrogen and oxygen atoms in total. The topological polar surface area (TPSA) is 175 Å². The van der Waals surface area contributed by atoms with Gasteiger partial charge in [-0.15, -0.1) is 0 Å². The number of carbonyl (C=O) groups excluding carboxylic acids is 2. The lowest BCUT2D eigenvalue weighted by molar-refractivity contribution is -0.392. The Morgan fingerprint density at radius 1 is 0.750 bits per heavy atom. The van der Waals surface area contributed by atoms with Crippen LogP contribution in [0.25, 0.3) is 0 Å². The molecule has 0 aliphatic heterocycles. The molecule has 0 N–H and O–H groups in total. The Labute approximate surface area is 207 Å². The number of nitrogens with zero attached hydrogens (tertiary/aromatic N) is 6. The number of aryl methyl sites for hydroxylation is 2. The first-order valence-electron chi connectivity index (χ1n) is 11.8. The Hall–Kier alpha value is -3.84. The quantitative estimate of drug-likeness (QED) is 0.133. The molecule has 0 radical (unpaired) electrons. The van der Waals surface area contributed by atoms with Crippen LogP contribution in [0, 0.1) is 34.1 Å². The van der Waals surface area contributed by atoms with Crippen LogP contribution in [-0.2, 0) is 32.2 Å². The smallest absolute Gasteiger partial charge is 0.342 e. The van der Waals surface area contributed by atoms with E-state index in [2.05, 4.69) is 9.97 Å². The second-order valence-corrected chi connectivity index (χ2v) is 8.21. The summed E-state index contributed by atoms with van der Waals surface area (Å²) >= 11 is 0. The predicted octanol–water partition coefficient (Wildman–Crippen LogP) is 3.42. The van der Waals surface area contributed by atoms with Gasteiger partial charge in [0.25, 0.3) is 0 Å². The molecule has 0 amide bonds. The highest BCUT2D eigenvalue weighted by atomic mass is 16.6. The van der Waals surface area contributed by atoms with E-state index in [0.29, 0.717) is 24.5 Å². The fourth-order valence-electron chi connectivity index (χ4n) is 3.65. The van der Waals surface area contributed by atoms with Crippen LogP contribution in [0.3, 0.4) is 0 Å². The van der Waals surface area contributed by atoms with Crippen molar-refractivity contribution in [2.24, 2.45) is 0 Å². The Bertz CT molecular complexity index is 965. The molecule has 0 fully saturated rings. The van der Waals surface area contributed by atoms with Gasteiger partial charge in [-0.1, -0.05) is 25.7 Å². The molecule has 0 aliphatic carbocycles. The summed E-state index contributed by atoms with van der Waals surface area (Å²) in [5.74, 6) is 0.0350. The second-order valence-electron chi connectivity index (χ2n) is 8.21. The summed E-state index contributed by atoms with van der Waals surface area (Å²) in [4.78, 5) is 52.3. The molecule has 0 atom stereocenters. The van der Waals surface area contributed by atoms with Gasteiger partial charge in [0.15, 0.2) is 11.6 Å². The molecule has 0 aliphatic rings. The first-order valence-corrected chi connectivity index (χ1v) is 11.8. The van der Waals surface area contributed by atoms with Crippen LogP contribution in [0.2, 0.25) is 0 Å². The van der Waals surface area contributed by atoms with Gasteiger partial charge < -0.3 is 29.7 Å². The van der Waals surface area contributed by atoms with E-state index in [-0.39, 0.29) is 62.7 Å². The minimum Gasteiger partial charge on any atom is -0.461 e. The van der Waals surface area contributed by atoms with Crippen molar-refractivity contribution in [1.29, 1.82) is 0 Å². The third-order valence-corrected chi connectivity index (χ3v) is 5.61. The third kappa shape index (κ3) is 9.07. The fraction of sp³-hybridized carbons (Fsp3) is 0.636. The van der Waals surface area contributed by atoms with Crippen molar-refractivity contribution in [3.8, 4) is 0 Å². The summed E-state index contributed by atoms with van der Waals surface area (Å²) in [7, 11) is 0. The maximum absolute atomic E-state index is 11.8. The highest BCUT2D eigenvalue weighted by Gasteiger charge is 2.18. The molecule has 198 valence electrons. The first kappa shape index (κ1) is 28.4. The monoisotopic (exact) mass is 508 g/mol. The fourth-order valence-corrected chi connectivity index (χ4v) is 3.65. The van der Waals surface area contributed by atoms with Gasteiger partial charge in [-0.2, -0.15) is 0 Å². The zero-order valence-electron chi connectivity index (χ0n) is 20.6. The number of imidazole rings is 2. The lowest BCUT2D eigenvalue weighted by Gasteiger charge is -2.06. The highest BCUT2D eigenvalue weighted by Crippen LogP contribution is 2.15. The maximum atomic E-state index is 11.8. The summed E-state index contributed by atoms with van der Waals surface area (Å²) in [5.41, 5.74) is 0. The zero-order valence-corrected chi connectivity index (χ0v) is 20.6. The normalized spacial score (nSPS) is 10.8. The van der Waals surface area contributed by atoms with E-state index >= 15 is 0 Å². The Morgan fingerprint density at radius 2 is 1.11 bits per heavy atom. The molecule has 0 unspecified atom stereocenters. The number of carbonyl (C=O) groups is 2. The standard InChI is InChI=1S/C22H32N6O8/c1-17-23-15-19(27(31)32)25(17)11-13-35-21(29)9-7-5-3-4-6-8-10-22(30)36-14-12-26-18(2)24-16-20(26)28(33)34/h15-16H,3-14H2,1-2H3. The van der Waals surface area contributed by atoms with Gasteiger partial charge >= 0.3 is 23.6 Å². The molecule has 2 rings (SSSR count). The molecule has 0 bridgehead atoms. The van der Waals surface area contributed by atoms with Crippen molar-refractivity contribution in [1.82, 2.24) is 19.1 Å². The Morgan fingerprint density at radius 3 is 1.47 bits per heavy atom. The van der Waals surface area contributed by atoms with Crippen molar-refractivity contribution in [2.75, 3.05) is 13.2 Å². The molecule has 2 heterocycles. The molecule has 2 aromatic rings. The number of hydrogen-bond acceptors (Lipinski definition) is 10. The summed E-state index contributed by atoms with van der Waals surface area (Å²) in [5, 5.41) is 21.9. The molecular formula is C22H32N6O8. The van der Waals surface area contributed by atoms with E-state index in [1.807, 2.05) is 0 Å². The zero-order chi connectivity index (χ0) is 26.5. The number of rotatable bonds is 17. The van der Waals surface area contributed by atoms with Gasteiger partial charge in [0.05, 0.1) is 0 Å². The lowest BCUT2D eigenvalue weighted by Crippen LogP contribution is -2.13. The maximum Gasteiger partial charge on any atom is 0.342 e. The first-order chi connectivity index (χ1) is 17.2. The number of unbranched alkanes of at least 4 members (excludes halogenated alkanes) is 5. The molecule has 36 heavy (non-hydrogen) atoms. The number of esters is 2. The van der Waals surface area contributed by atoms with Crippen LogP contribution in [0.4, 0.5) is 11.6 Å². The third-order valence-electron chi connectivity index (χ3n) is 5.61. The summed E-state index contributed by atoms with van der Waals surface area (Å²) < 4.78 is 13.1. The minimum atomic E-state index is -0.523. The van der Waals surface area contributed by atoms with Gasteiger partial charge in [-0.25, -0.2) is 19.1 Å². The lowest BCUT2D eigenvalue weighted by atomic mass is 10.1. The number of nitro groups is 2. The van der Waals surface area contributed by atoms with Crippen LogP contribution < -0.4 is 0 Å². The van der Waals surface area contributed by atoms with Gasteiger partial charge in [-0.3, -0.25) is 9.59 Å². The summed E-state index contributed by atoms with van der Waals surface area (Å²) in [6, 6.07) is 0. The SMILES string of the molecule is Cc1ncc([N+](=O)[O-])n1CCOC(=O)CCCCCCCCC(=O)OCCn1c([N+](=O)[O-])cnc1C. The van der Waals surface area contributed by atoms with Gasteiger partial charge in [0.1, 0.15) is 38.7 Å². The Kier molecular flexibility index (Phi) is 11.5. The van der Waals surface area contributed by atoms with Crippen molar-refractivity contribution in [3.63, 3.8) is 0 Å². The second kappa shape index (κ2) is 14.5. The molecule has 14 heteroatoms. The van der Waals surface area contributed by atoms with Crippen molar-refractivity contribution in [3.05, 3.63) is 44.3 Å². The summed E-state index contributed by atoms with van der Waals surface area (Å²) in [6.45, 7) is 3.76. The van der Waals surface area contributed by atoms with E-state index in [4.69, 9.17) is 9.47 Å². The molecule has 0 aromatic carbocycles. The molecule has 2 aromatic heterocycles. The van der Waals surface area contributed by atoms with Crippen molar-refractivity contribution in [2.45, 2.75) is 78.3 Å². The number of hydrogen-bond donors (Lipinski definition) is 0. The van der Waals surface area contributed by atoms with E-state index < -0.39 is 9.85 Å². The van der Waals surface area contributed by atoms with Crippen LogP contribution in [-0.4, -0.2) is 54.1 Å². The Balaban J connectivity index is 1.46. The van der Waals surface area contributed by atoms with Gasteiger partial charge in [0.2, 0.25) is 0 Å². The average molecular weight is 509 g/mol. The van der Waals surface area contributed by atoms with Crippen LogP contribution in [0.1, 0.15) is 63.0 Å².